The highest BCUT2D eigenvalue weighted by Gasteiger charge is 2.23. The summed E-state index contributed by atoms with van der Waals surface area (Å²) in [7, 11) is 0. The highest BCUT2D eigenvalue weighted by atomic mass is 19.1. The van der Waals surface area contributed by atoms with E-state index in [1.54, 1.807) is 12.1 Å². The summed E-state index contributed by atoms with van der Waals surface area (Å²) in [5.74, 6) is -0.202. The van der Waals surface area contributed by atoms with Crippen molar-refractivity contribution in [3.8, 4) is 0 Å². The van der Waals surface area contributed by atoms with Gasteiger partial charge < -0.3 is 9.97 Å². The monoisotopic (exact) mass is 255 g/mol. The normalized spacial score (nSPS) is 13.5. The summed E-state index contributed by atoms with van der Waals surface area (Å²) >= 11 is 0. The van der Waals surface area contributed by atoms with E-state index in [0.717, 1.165) is 11.3 Å². The lowest BCUT2D eigenvalue weighted by Crippen LogP contribution is -2.24. The molecule has 1 aliphatic rings. The molecule has 19 heavy (non-hydrogen) atoms. The molecule has 2 aromatic rings. The van der Waals surface area contributed by atoms with Crippen LogP contribution in [0.15, 0.2) is 42.5 Å². The second-order valence-corrected chi connectivity index (χ2v) is 4.85. The van der Waals surface area contributed by atoms with E-state index in [-0.39, 0.29) is 12.7 Å². The molecule has 0 bridgehead atoms. The topological polar surface area (TPSA) is 21.3 Å². The van der Waals surface area contributed by atoms with Crippen LogP contribution in [0.2, 0.25) is 6.82 Å². The van der Waals surface area contributed by atoms with Crippen LogP contribution in [0, 0.1) is 5.82 Å². The first-order chi connectivity index (χ1) is 9.22. The summed E-state index contributed by atoms with van der Waals surface area (Å²) in [6.45, 7) is 3.63. The van der Waals surface area contributed by atoms with Gasteiger partial charge in [0.05, 0.1) is 6.61 Å². The van der Waals surface area contributed by atoms with E-state index in [4.69, 9.17) is 4.65 Å². The number of halogens is 1. The first-order valence-corrected chi connectivity index (χ1v) is 6.45. The molecule has 0 aromatic heterocycles. The van der Waals surface area contributed by atoms with E-state index in [9.17, 15) is 4.39 Å². The average Bonchev–Trinajstić information content (AvgIpc) is 2.80. The van der Waals surface area contributed by atoms with Crippen LogP contribution in [-0.4, -0.2) is 6.92 Å². The molecule has 2 aromatic carbocycles. The summed E-state index contributed by atoms with van der Waals surface area (Å²) in [6.07, 6.45) is 0. The standard InChI is InChI=1S/C15H15BFNO/c1-16-15-8-14(7-4-12(15)10-19-16)18-9-11-2-5-13(17)6-3-11/h2-8,18H,9-10H2,1H3. The van der Waals surface area contributed by atoms with Gasteiger partial charge in [-0.05, 0) is 40.9 Å². The van der Waals surface area contributed by atoms with Crippen molar-refractivity contribution in [2.75, 3.05) is 5.32 Å². The Kier molecular flexibility index (Phi) is 3.26. The van der Waals surface area contributed by atoms with Gasteiger partial charge in [-0.3, -0.25) is 0 Å². The number of anilines is 1. The van der Waals surface area contributed by atoms with Gasteiger partial charge in [-0.25, -0.2) is 4.39 Å². The largest absolute Gasteiger partial charge is 0.427 e. The molecule has 0 amide bonds. The van der Waals surface area contributed by atoms with Crippen molar-refractivity contribution in [3.05, 3.63) is 59.4 Å². The maximum atomic E-state index is 12.8. The zero-order chi connectivity index (χ0) is 13.2. The first-order valence-electron chi connectivity index (χ1n) is 6.45. The van der Waals surface area contributed by atoms with Crippen LogP contribution in [0.3, 0.4) is 0 Å². The van der Waals surface area contributed by atoms with Crippen molar-refractivity contribution in [1.82, 2.24) is 0 Å². The summed E-state index contributed by atoms with van der Waals surface area (Å²) in [6, 6.07) is 12.8. The molecular weight excluding hydrogens is 240 g/mol. The molecule has 0 atom stereocenters. The summed E-state index contributed by atoms with van der Waals surface area (Å²) < 4.78 is 18.4. The fourth-order valence-electron chi connectivity index (χ4n) is 2.33. The van der Waals surface area contributed by atoms with Crippen molar-refractivity contribution in [2.45, 2.75) is 20.0 Å². The van der Waals surface area contributed by atoms with Crippen molar-refractivity contribution in [1.29, 1.82) is 0 Å². The predicted molar refractivity (Wildman–Crippen MR) is 76.2 cm³/mol. The summed E-state index contributed by atoms with van der Waals surface area (Å²) in [5.41, 5.74) is 4.65. The highest BCUT2D eigenvalue weighted by Crippen LogP contribution is 2.16. The molecule has 0 spiro atoms. The van der Waals surface area contributed by atoms with Crippen LogP contribution in [-0.2, 0) is 17.8 Å². The van der Waals surface area contributed by atoms with E-state index >= 15 is 0 Å². The molecular formula is C15H15BFNO. The van der Waals surface area contributed by atoms with Gasteiger partial charge in [0.15, 0.2) is 0 Å². The molecule has 0 radical (unpaired) electrons. The Bertz CT molecular complexity index is 585. The lowest BCUT2D eigenvalue weighted by Gasteiger charge is -2.09. The minimum absolute atomic E-state index is 0.169. The zero-order valence-corrected chi connectivity index (χ0v) is 10.8. The second kappa shape index (κ2) is 5.06. The van der Waals surface area contributed by atoms with Crippen LogP contribution in [0.25, 0.3) is 0 Å². The first kappa shape index (κ1) is 12.2. The van der Waals surface area contributed by atoms with Gasteiger partial charge in [0.2, 0.25) is 0 Å². The van der Waals surface area contributed by atoms with Gasteiger partial charge in [-0.1, -0.05) is 25.0 Å². The third kappa shape index (κ3) is 2.63. The second-order valence-electron chi connectivity index (χ2n) is 4.85. The highest BCUT2D eigenvalue weighted by molar-refractivity contribution is 6.67. The molecule has 0 unspecified atom stereocenters. The minimum Gasteiger partial charge on any atom is -0.427 e. The third-order valence-electron chi connectivity index (χ3n) is 3.48. The van der Waals surface area contributed by atoms with Crippen molar-refractivity contribution >= 4 is 18.1 Å². The Hall–Kier alpha value is -1.81. The smallest absolute Gasteiger partial charge is 0.324 e. The zero-order valence-electron chi connectivity index (χ0n) is 10.8. The van der Waals surface area contributed by atoms with Gasteiger partial charge in [0.1, 0.15) is 5.82 Å². The molecule has 3 rings (SSSR count). The Labute approximate surface area is 112 Å². The van der Waals surface area contributed by atoms with Crippen molar-refractivity contribution in [3.63, 3.8) is 0 Å². The van der Waals surface area contributed by atoms with E-state index in [1.807, 2.05) is 0 Å². The average molecular weight is 255 g/mol. The predicted octanol–water partition coefficient (Wildman–Crippen LogP) is 2.80. The van der Waals surface area contributed by atoms with Gasteiger partial charge in [0.25, 0.3) is 0 Å². The number of nitrogens with one attached hydrogen (secondary N) is 1. The van der Waals surface area contributed by atoms with Gasteiger partial charge in [0, 0.05) is 12.2 Å². The molecule has 1 heterocycles. The SMILES string of the molecule is CB1OCc2ccc(NCc3ccc(F)cc3)cc21. The molecule has 0 fully saturated rings. The molecule has 1 N–H and O–H groups in total. The molecule has 4 heteroatoms. The van der Waals surface area contributed by atoms with Crippen LogP contribution in [0.4, 0.5) is 10.1 Å². The van der Waals surface area contributed by atoms with Gasteiger partial charge in [-0.2, -0.15) is 0 Å². The summed E-state index contributed by atoms with van der Waals surface area (Å²) in [4.78, 5) is 0. The third-order valence-corrected chi connectivity index (χ3v) is 3.48. The fraction of sp³-hybridized carbons (Fsp3) is 0.200. The molecule has 96 valence electrons. The fourth-order valence-corrected chi connectivity index (χ4v) is 2.33. The number of benzene rings is 2. The maximum absolute atomic E-state index is 12.8. The van der Waals surface area contributed by atoms with E-state index in [2.05, 4.69) is 30.3 Å². The molecule has 0 saturated carbocycles. The van der Waals surface area contributed by atoms with Crippen LogP contribution in [0.5, 0.6) is 0 Å². The molecule has 2 nitrogen and oxygen atoms in total. The lowest BCUT2D eigenvalue weighted by molar-refractivity contribution is 0.333. The van der Waals surface area contributed by atoms with Crippen LogP contribution >= 0.6 is 0 Å². The number of rotatable bonds is 3. The van der Waals surface area contributed by atoms with E-state index in [1.165, 1.54) is 23.2 Å². The quantitative estimate of drug-likeness (QED) is 0.851. The van der Waals surface area contributed by atoms with Gasteiger partial charge in [-0.15, -0.1) is 0 Å². The lowest BCUT2D eigenvalue weighted by atomic mass is 9.64. The van der Waals surface area contributed by atoms with Crippen molar-refractivity contribution < 1.29 is 9.04 Å². The Morgan fingerprint density at radius 2 is 2.00 bits per heavy atom. The maximum Gasteiger partial charge on any atom is 0.324 e. The van der Waals surface area contributed by atoms with Crippen molar-refractivity contribution in [2.24, 2.45) is 0 Å². The summed E-state index contributed by atoms with van der Waals surface area (Å²) in [5, 5.41) is 3.35. The Morgan fingerprint density at radius 3 is 2.79 bits per heavy atom. The number of hydrogen-bond acceptors (Lipinski definition) is 2. The minimum atomic E-state index is -0.202. The number of fused-ring (bicyclic) bond motifs is 1. The van der Waals surface area contributed by atoms with Crippen LogP contribution in [0.1, 0.15) is 11.1 Å². The molecule has 0 saturated heterocycles. The van der Waals surface area contributed by atoms with Crippen LogP contribution < -0.4 is 10.8 Å². The molecule has 0 aliphatic carbocycles. The Morgan fingerprint density at radius 1 is 1.21 bits per heavy atom. The Balaban J connectivity index is 1.70. The van der Waals surface area contributed by atoms with Gasteiger partial charge >= 0.3 is 6.92 Å². The molecule has 1 aliphatic heterocycles. The van der Waals surface area contributed by atoms with E-state index in [0.29, 0.717) is 13.2 Å². The number of hydrogen-bond donors (Lipinski definition) is 1. The van der Waals surface area contributed by atoms with E-state index < -0.39 is 0 Å².